The van der Waals surface area contributed by atoms with E-state index in [-0.39, 0.29) is 5.43 Å². The predicted octanol–water partition coefficient (Wildman–Crippen LogP) is 3.71. The molecule has 3 aromatic rings. The second-order valence-corrected chi connectivity index (χ2v) is 5.23. The van der Waals surface area contributed by atoms with Gasteiger partial charge in [0, 0.05) is 0 Å². The Morgan fingerprint density at radius 1 is 0.762 bits per heavy atom. The fourth-order valence-corrected chi connectivity index (χ4v) is 2.55. The van der Waals surface area contributed by atoms with E-state index in [4.69, 9.17) is 4.42 Å². The zero-order chi connectivity index (χ0) is 14.5. The molecule has 1 N–H and O–H groups in total. The van der Waals surface area contributed by atoms with Crippen molar-refractivity contribution in [2.24, 2.45) is 0 Å². The van der Waals surface area contributed by atoms with Gasteiger partial charge in [-0.25, -0.2) is 0 Å². The normalized spacial score (nSPS) is 14.7. The van der Waals surface area contributed by atoms with Crippen molar-refractivity contribution < 1.29 is 4.42 Å². The number of hydrogen-bond acceptors (Lipinski definition) is 3. The lowest BCUT2D eigenvalue weighted by atomic mass is 10.1. The lowest BCUT2D eigenvalue weighted by Gasteiger charge is -2.08. The molecular formula is C18H19NO2. The van der Waals surface area contributed by atoms with Crippen LogP contribution in [-0.2, 0) is 0 Å². The second kappa shape index (κ2) is 6.55. The number of nitrogens with one attached hydrogen (secondary N) is 1. The minimum Gasteiger partial charge on any atom is -0.456 e. The van der Waals surface area contributed by atoms with Gasteiger partial charge in [-0.15, -0.1) is 0 Å². The number of piperidine rings is 1. The van der Waals surface area contributed by atoms with Crippen LogP contribution in [0.1, 0.15) is 19.3 Å². The van der Waals surface area contributed by atoms with Crippen LogP contribution < -0.4 is 10.7 Å². The topological polar surface area (TPSA) is 42.2 Å². The van der Waals surface area contributed by atoms with Crippen molar-refractivity contribution in [3.05, 3.63) is 58.8 Å². The fourth-order valence-electron chi connectivity index (χ4n) is 2.55. The summed E-state index contributed by atoms with van der Waals surface area (Å²) in [6.07, 6.45) is 4.22. The number of rotatable bonds is 0. The quantitative estimate of drug-likeness (QED) is 0.639. The highest BCUT2D eigenvalue weighted by molar-refractivity contribution is 5.89. The SMILES string of the molecule is C1CCNCC1.O=c1c2ccccc2oc2ccccc12. The minimum absolute atomic E-state index is 0.0347. The van der Waals surface area contributed by atoms with Crippen LogP contribution >= 0.6 is 0 Å². The Labute approximate surface area is 123 Å². The van der Waals surface area contributed by atoms with Gasteiger partial charge in [-0.1, -0.05) is 30.7 Å². The average molecular weight is 281 g/mol. The molecule has 108 valence electrons. The molecule has 3 heteroatoms. The minimum atomic E-state index is 0.0347. The largest absolute Gasteiger partial charge is 0.456 e. The zero-order valence-electron chi connectivity index (χ0n) is 12.0. The second-order valence-electron chi connectivity index (χ2n) is 5.23. The van der Waals surface area contributed by atoms with E-state index in [1.165, 1.54) is 32.4 Å². The van der Waals surface area contributed by atoms with Gasteiger partial charge in [-0.2, -0.15) is 0 Å². The van der Waals surface area contributed by atoms with Crippen molar-refractivity contribution in [2.75, 3.05) is 13.1 Å². The maximum atomic E-state index is 12.0. The summed E-state index contributed by atoms with van der Waals surface area (Å²) in [5, 5.41) is 4.56. The summed E-state index contributed by atoms with van der Waals surface area (Å²) in [6.45, 7) is 2.50. The van der Waals surface area contributed by atoms with Crippen LogP contribution in [-0.4, -0.2) is 13.1 Å². The molecule has 4 rings (SSSR count). The molecule has 0 saturated carbocycles. The van der Waals surface area contributed by atoms with Crippen LogP contribution in [0.5, 0.6) is 0 Å². The third-order valence-corrected chi connectivity index (χ3v) is 3.69. The molecule has 1 aliphatic heterocycles. The van der Waals surface area contributed by atoms with Crippen LogP contribution in [0.4, 0.5) is 0 Å². The third kappa shape index (κ3) is 3.14. The molecule has 0 radical (unpaired) electrons. The smallest absolute Gasteiger partial charge is 0.200 e. The van der Waals surface area contributed by atoms with Crippen molar-refractivity contribution in [2.45, 2.75) is 19.3 Å². The van der Waals surface area contributed by atoms with Crippen LogP contribution in [0.15, 0.2) is 57.7 Å². The Morgan fingerprint density at radius 2 is 1.29 bits per heavy atom. The molecule has 0 bridgehead atoms. The van der Waals surface area contributed by atoms with Crippen LogP contribution in [0, 0.1) is 0 Å². The predicted molar refractivity (Wildman–Crippen MR) is 86.7 cm³/mol. The van der Waals surface area contributed by atoms with Crippen LogP contribution in [0.25, 0.3) is 21.9 Å². The standard InChI is InChI=1S/C13H8O2.C5H11N/c14-13-9-5-1-3-7-11(9)15-12-8-4-2-6-10(12)13;1-2-4-6-5-3-1/h1-8H;6H,1-5H2. The van der Waals surface area contributed by atoms with E-state index in [2.05, 4.69) is 5.32 Å². The Morgan fingerprint density at radius 3 is 1.71 bits per heavy atom. The van der Waals surface area contributed by atoms with Crippen molar-refractivity contribution in [1.82, 2.24) is 5.32 Å². The molecule has 0 unspecified atom stereocenters. The molecule has 1 saturated heterocycles. The molecule has 0 spiro atoms. The van der Waals surface area contributed by atoms with Crippen molar-refractivity contribution >= 4 is 21.9 Å². The lowest BCUT2D eigenvalue weighted by Crippen LogP contribution is -2.21. The molecule has 2 heterocycles. The maximum Gasteiger partial charge on any atom is 0.200 e. The molecule has 3 nitrogen and oxygen atoms in total. The Hall–Kier alpha value is -2.13. The van der Waals surface area contributed by atoms with E-state index < -0.39 is 0 Å². The molecular weight excluding hydrogens is 262 g/mol. The summed E-state index contributed by atoms with van der Waals surface area (Å²) in [7, 11) is 0. The number of hydrogen-bond donors (Lipinski definition) is 1. The van der Waals surface area contributed by atoms with E-state index in [0.29, 0.717) is 21.9 Å². The zero-order valence-corrected chi connectivity index (χ0v) is 12.0. The highest BCUT2D eigenvalue weighted by Gasteiger charge is 2.04. The third-order valence-electron chi connectivity index (χ3n) is 3.69. The molecule has 21 heavy (non-hydrogen) atoms. The van der Waals surface area contributed by atoms with Crippen LogP contribution in [0.2, 0.25) is 0 Å². The number of para-hydroxylation sites is 2. The maximum absolute atomic E-state index is 12.0. The van der Waals surface area contributed by atoms with Gasteiger partial charge in [0.1, 0.15) is 11.2 Å². The summed E-state index contributed by atoms with van der Waals surface area (Å²) < 4.78 is 5.63. The molecule has 0 atom stereocenters. The molecule has 0 amide bonds. The van der Waals surface area contributed by atoms with Gasteiger partial charge in [0.2, 0.25) is 5.43 Å². The Kier molecular flexibility index (Phi) is 4.31. The van der Waals surface area contributed by atoms with E-state index in [9.17, 15) is 4.79 Å². The van der Waals surface area contributed by atoms with Gasteiger partial charge in [-0.05, 0) is 50.2 Å². The summed E-state index contributed by atoms with van der Waals surface area (Å²) in [4.78, 5) is 12.0. The van der Waals surface area contributed by atoms with E-state index in [0.717, 1.165) is 0 Å². The number of fused-ring (bicyclic) bond motifs is 2. The molecule has 1 aliphatic rings. The van der Waals surface area contributed by atoms with Gasteiger partial charge in [0.25, 0.3) is 0 Å². The van der Waals surface area contributed by atoms with E-state index in [1.807, 2.05) is 36.4 Å². The first-order valence-electron chi connectivity index (χ1n) is 7.47. The molecule has 2 aromatic carbocycles. The molecule has 1 fully saturated rings. The summed E-state index contributed by atoms with van der Waals surface area (Å²) in [5.74, 6) is 0. The Balaban J connectivity index is 0.000000186. The summed E-state index contributed by atoms with van der Waals surface area (Å²) in [5.41, 5.74) is 1.31. The number of benzene rings is 2. The molecule has 1 aromatic heterocycles. The van der Waals surface area contributed by atoms with Gasteiger partial charge in [0.15, 0.2) is 0 Å². The molecule has 0 aliphatic carbocycles. The van der Waals surface area contributed by atoms with E-state index >= 15 is 0 Å². The summed E-state index contributed by atoms with van der Waals surface area (Å²) >= 11 is 0. The first-order valence-corrected chi connectivity index (χ1v) is 7.47. The highest BCUT2D eigenvalue weighted by Crippen LogP contribution is 2.17. The first-order chi connectivity index (χ1) is 10.4. The van der Waals surface area contributed by atoms with Gasteiger partial charge >= 0.3 is 0 Å². The monoisotopic (exact) mass is 281 g/mol. The Bertz CT molecular complexity index is 719. The van der Waals surface area contributed by atoms with Crippen molar-refractivity contribution in [1.29, 1.82) is 0 Å². The van der Waals surface area contributed by atoms with Gasteiger partial charge in [0.05, 0.1) is 10.8 Å². The van der Waals surface area contributed by atoms with Crippen LogP contribution in [0.3, 0.4) is 0 Å². The lowest BCUT2D eigenvalue weighted by molar-refractivity contribution is 0.520. The van der Waals surface area contributed by atoms with E-state index in [1.54, 1.807) is 12.1 Å². The summed E-state index contributed by atoms with van der Waals surface area (Å²) in [6, 6.07) is 14.6. The van der Waals surface area contributed by atoms with Gasteiger partial charge in [-0.3, -0.25) is 4.79 Å². The fraction of sp³-hybridized carbons (Fsp3) is 0.278. The van der Waals surface area contributed by atoms with Crippen molar-refractivity contribution in [3.63, 3.8) is 0 Å². The first kappa shape index (κ1) is 13.8. The average Bonchev–Trinajstić information content (AvgIpc) is 2.57. The van der Waals surface area contributed by atoms with Crippen molar-refractivity contribution in [3.8, 4) is 0 Å². The highest BCUT2D eigenvalue weighted by atomic mass is 16.3. The van der Waals surface area contributed by atoms with Gasteiger partial charge < -0.3 is 9.73 Å².